The van der Waals surface area contributed by atoms with Gasteiger partial charge in [-0.3, -0.25) is 0 Å². The van der Waals surface area contributed by atoms with E-state index >= 15 is 0 Å². The maximum Gasteiger partial charge on any atom is 0.231 e. The molecule has 0 fully saturated rings. The van der Waals surface area contributed by atoms with Crippen LogP contribution in [-0.2, 0) is 17.9 Å². The first-order valence-corrected chi connectivity index (χ1v) is 7.15. The monoisotopic (exact) mass is 285 g/mol. The van der Waals surface area contributed by atoms with Crippen LogP contribution in [0.5, 0.6) is 11.5 Å². The second-order valence-electron chi connectivity index (χ2n) is 4.80. The average molecular weight is 285 g/mol. The predicted molar refractivity (Wildman–Crippen MR) is 81.7 cm³/mol. The molecular formula is C17H19NO3. The Morgan fingerprint density at radius 3 is 2.81 bits per heavy atom. The van der Waals surface area contributed by atoms with Crippen molar-refractivity contribution in [1.82, 2.24) is 0 Å². The fourth-order valence-electron chi connectivity index (χ4n) is 2.35. The first-order chi connectivity index (χ1) is 10.4. The third-order valence-electron chi connectivity index (χ3n) is 3.43. The van der Waals surface area contributed by atoms with E-state index in [2.05, 4.69) is 17.4 Å². The van der Waals surface area contributed by atoms with Gasteiger partial charge in [-0.25, -0.2) is 0 Å². The van der Waals surface area contributed by atoms with Gasteiger partial charge in [-0.05, 0) is 19.1 Å². The maximum atomic E-state index is 5.53. The minimum Gasteiger partial charge on any atom is -0.454 e. The summed E-state index contributed by atoms with van der Waals surface area (Å²) in [4.78, 5) is 0. The average Bonchev–Trinajstić information content (AvgIpc) is 3.01. The smallest absolute Gasteiger partial charge is 0.231 e. The van der Waals surface area contributed by atoms with Crippen molar-refractivity contribution >= 4 is 5.69 Å². The van der Waals surface area contributed by atoms with Gasteiger partial charge in [-0.1, -0.05) is 30.3 Å². The zero-order valence-corrected chi connectivity index (χ0v) is 12.1. The van der Waals surface area contributed by atoms with Gasteiger partial charge < -0.3 is 19.5 Å². The Morgan fingerprint density at radius 2 is 1.90 bits per heavy atom. The number of rotatable bonds is 6. The lowest BCUT2D eigenvalue weighted by atomic mass is 10.1. The summed E-state index contributed by atoms with van der Waals surface area (Å²) in [5.74, 6) is 1.66. The molecule has 0 aliphatic carbocycles. The van der Waals surface area contributed by atoms with Crippen LogP contribution in [-0.4, -0.2) is 13.4 Å². The molecule has 1 heterocycles. The third-order valence-corrected chi connectivity index (χ3v) is 3.43. The number of hydrogen-bond donors (Lipinski definition) is 1. The van der Waals surface area contributed by atoms with E-state index in [1.807, 2.05) is 37.3 Å². The van der Waals surface area contributed by atoms with Gasteiger partial charge >= 0.3 is 0 Å². The quantitative estimate of drug-likeness (QED) is 0.881. The molecule has 0 atom stereocenters. The van der Waals surface area contributed by atoms with Crippen molar-refractivity contribution in [2.45, 2.75) is 20.1 Å². The van der Waals surface area contributed by atoms with Gasteiger partial charge in [0.2, 0.25) is 6.79 Å². The number of fused-ring (bicyclic) bond motifs is 1. The number of anilines is 1. The molecule has 3 rings (SSSR count). The molecule has 0 saturated heterocycles. The Hall–Kier alpha value is -2.20. The molecule has 0 bridgehead atoms. The lowest BCUT2D eigenvalue weighted by molar-refractivity contribution is 0.134. The summed E-state index contributed by atoms with van der Waals surface area (Å²) in [7, 11) is 0. The van der Waals surface area contributed by atoms with E-state index in [9.17, 15) is 0 Å². The van der Waals surface area contributed by atoms with Crippen LogP contribution < -0.4 is 14.8 Å². The number of benzene rings is 2. The summed E-state index contributed by atoms with van der Waals surface area (Å²) in [6, 6.07) is 14.1. The summed E-state index contributed by atoms with van der Waals surface area (Å²) < 4.78 is 16.4. The van der Waals surface area contributed by atoms with Crippen LogP contribution >= 0.6 is 0 Å². The van der Waals surface area contributed by atoms with Crippen LogP contribution in [0.25, 0.3) is 0 Å². The van der Waals surface area contributed by atoms with E-state index < -0.39 is 0 Å². The molecule has 1 N–H and O–H groups in total. The summed E-state index contributed by atoms with van der Waals surface area (Å²) in [6.07, 6.45) is 0. The SMILES string of the molecule is CCOCc1ccccc1NCc1cccc2c1OCO2. The molecule has 0 amide bonds. The van der Waals surface area contributed by atoms with E-state index in [4.69, 9.17) is 14.2 Å². The number of ether oxygens (including phenoxy) is 3. The highest BCUT2D eigenvalue weighted by molar-refractivity contribution is 5.54. The molecule has 2 aromatic rings. The molecule has 2 aromatic carbocycles. The van der Waals surface area contributed by atoms with Gasteiger partial charge in [0.25, 0.3) is 0 Å². The van der Waals surface area contributed by atoms with Crippen molar-refractivity contribution in [1.29, 1.82) is 0 Å². The van der Waals surface area contributed by atoms with E-state index in [-0.39, 0.29) is 0 Å². The first kappa shape index (κ1) is 13.8. The minimum atomic E-state index is 0.299. The molecule has 21 heavy (non-hydrogen) atoms. The van der Waals surface area contributed by atoms with Crippen molar-refractivity contribution < 1.29 is 14.2 Å². The second kappa shape index (κ2) is 6.50. The Balaban J connectivity index is 1.72. The second-order valence-corrected chi connectivity index (χ2v) is 4.80. The molecule has 0 radical (unpaired) electrons. The first-order valence-electron chi connectivity index (χ1n) is 7.15. The summed E-state index contributed by atoms with van der Waals surface area (Å²) in [5.41, 5.74) is 3.34. The molecule has 0 unspecified atom stereocenters. The maximum absolute atomic E-state index is 5.53. The Morgan fingerprint density at radius 1 is 1.05 bits per heavy atom. The van der Waals surface area contributed by atoms with Crippen LogP contribution in [0.1, 0.15) is 18.1 Å². The zero-order chi connectivity index (χ0) is 14.5. The molecule has 1 aliphatic heterocycles. The Bertz CT molecular complexity index is 613. The Kier molecular flexibility index (Phi) is 4.26. The molecule has 4 nitrogen and oxygen atoms in total. The van der Waals surface area contributed by atoms with E-state index in [0.717, 1.165) is 28.3 Å². The topological polar surface area (TPSA) is 39.7 Å². The summed E-state index contributed by atoms with van der Waals surface area (Å²) >= 11 is 0. The predicted octanol–water partition coefficient (Wildman–Crippen LogP) is 3.56. The van der Waals surface area contributed by atoms with Crippen molar-refractivity contribution in [3.05, 3.63) is 53.6 Å². The highest BCUT2D eigenvalue weighted by atomic mass is 16.7. The van der Waals surface area contributed by atoms with E-state index in [0.29, 0.717) is 26.6 Å². The number of nitrogens with one attached hydrogen (secondary N) is 1. The molecular weight excluding hydrogens is 266 g/mol. The van der Waals surface area contributed by atoms with Crippen LogP contribution in [0.2, 0.25) is 0 Å². The highest BCUT2D eigenvalue weighted by Crippen LogP contribution is 2.35. The lowest BCUT2D eigenvalue weighted by Crippen LogP contribution is -2.04. The Labute approximate surface area is 124 Å². The van der Waals surface area contributed by atoms with Gasteiger partial charge in [0.15, 0.2) is 11.5 Å². The van der Waals surface area contributed by atoms with Crippen molar-refractivity contribution in [3.63, 3.8) is 0 Å². The number of para-hydroxylation sites is 2. The molecule has 110 valence electrons. The largest absolute Gasteiger partial charge is 0.454 e. The van der Waals surface area contributed by atoms with Crippen LogP contribution in [0, 0.1) is 0 Å². The van der Waals surface area contributed by atoms with Crippen molar-refractivity contribution in [3.8, 4) is 11.5 Å². The fraction of sp³-hybridized carbons (Fsp3) is 0.294. The molecule has 4 heteroatoms. The molecule has 0 aromatic heterocycles. The standard InChI is InChI=1S/C17H19NO3/c1-2-19-11-14-6-3-4-8-15(14)18-10-13-7-5-9-16-17(13)21-12-20-16/h3-9,18H,2,10-12H2,1H3. The summed E-state index contributed by atoms with van der Waals surface area (Å²) in [5, 5.41) is 3.45. The van der Waals surface area contributed by atoms with Gasteiger partial charge in [0.1, 0.15) is 0 Å². The van der Waals surface area contributed by atoms with E-state index in [1.54, 1.807) is 0 Å². The highest BCUT2D eigenvalue weighted by Gasteiger charge is 2.16. The van der Waals surface area contributed by atoms with Crippen molar-refractivity contribution in [2.75, 3.05) is 18.7 Å². The van der Waals surface area contributed by atoms with Crippen LogP contribution in [0.4, 0.5) is 5.69 Å². The van der Waals surface area contributed by atoms with Crippen LogP contribution in [0.15, 0.2) is 42.5 Å². The van der Waals surface area contributed by atoms with E-state index in [1.165, 1.54) is 0 Å². The molecule has 0 saturated carbocycles. The zero-order valence-electron chi connectivity index (χ0n) is 12.1. The normalized spacial score (nSPS) is 12.4. The lowest BCUT2D eigenvalue weighted by Gasteiger charge is -2.13. The van der Waals surface area contributed by atoms with Gasteiger partial charge in [0.05, 0.1) is 6.61 Å². The fourth-order valence-corrected chi connectivity index (χ4v) is 2.35. The van der Waals surface area contributed by atoms with Gasteiger partial charge in [-0.2, -0.15) is 0 Å². The van der Waals surface area contributed by atoms with Gasteiger partial charge in [-0.15, -0.1) is 0 Å². The molecule has 1 aliphatic rings. The molecule has 0 spiro atoms. The minimum absolute atomic E-state index is 0.299. The van der Waals surface area contributed by atoms with Gasteiger partial charge in [0, 0.05) is 30.0 Å². The number of hydrogen-bond acceptors (Lipinski definition) is 4. The van der Waals surface area contributed by atoms with Crippen molar-refractivity contribution in [2.24, 2.45) is 0 Å². The summed E-state index contributed by atoms with van der Waals surface area (Å²) in [6.45, 7) is 4.32. The van der Waals surface area contributed by atoms with Crippen LogP contribution in [0.3, 0.4) is 0 Å². The third kappa shape index (κ3) is 3.11.